The quantitative estimate of drug-likeness (QED) is 0.859. The fourth-order valence-corrected chi connectivity index (χ4v) is 1.75. The van der Waals surface area contributed by atoms with Gasteiger partial charge in [0.25, 0.3) is 5.91 Å². The van der Waals surface area contributed by atoms with Crippen LogP contribution in [0.15, 0.2) is 30.6 Å². The molecule has 0 aliphatic rings. The van der Waals surface area contributed by atoms with Crippen LogP contribution in [0.25, 0.3) is 0 Å². The first kappa shape index (κ1) is 12.8. The molecule has 1 N–H and O–H groups in total. The lowest BCUT2D eigenvalue weighted by Crippen LogP contribution is -2.13. The number of pyridine rings is 2. The van der Waals surface area contributed by atoms with Crippen molar-refractivity contribution in [2.45, 2.75) is 6.92 Å². The summed E-state index contributed by atoms with van der Waals surface area (Å²) >= 11 is 11.6. The van der Waals surface area contributed by atoms with Crippen molar-refractivity contribution in [3.05, 3.63) is 52.0 Å². The van der Waals surface area contributed by atoms with Gasteiger partial charge >= 0.3 is 0 Å². The van der Waals surface area contributed by atoms with E-state index < -0.39 is 0 Å². The molecule has 6 heteroatoms. The van der Waals surface area contributed by atoms with Crippen LogP contribution in [0, 0.1) is 6.92 Å². The monoisotopic (exact) mass is 281 g/mol. The molecule has 0 atom stereocenters. The Morgan fingerprint density at radius 2 is 2.00 bits per heavy atom. The van der Waals surface area contributed by atoms with Crippen molar-refractivity contribution < 1.29 is 4.79 Å². The summed E-state index contributed by atoms with van der Waals surface area (Å²) < 4.78 is 0. The zero-order valence-electron chi connectivity index (χ0n) is 9.45. The Morgan fingerprint density at radius 1 is 1.22 bits per heavy atom. The maximum Gasteiger partial charge on any atom is 0.258 e. The molecule has 0 saturated heterocycles. The normalized spacial score (nSPS) is 10.2. The molecular weight excluding hydrogens is 273 g/mol. The fraction of sp³-hybridized carbons (Fsp3) is 0.0833. The Labute approximate surface area is 114 Å². The Bertz CT molecular complexity index is 584. The number of nitrogens with one attached hydrogen (secondary N) is 1. The van der Waals surface area contributed by atoms with Gasteiger partial charge in [0, 0.05) is 11.9 Å². The summed E-state index contributed by atoms with van der Waals surface area (Å²) in [5.41, 5.74) is 1.61. The van der Waals surface area contributed by atoms with E-state index in [1.807, 2.05) is 0 Å². The number of carbonyl (C=O) groups excluding carboxylic acids is 1. The summed E-state index contributed by atoms with van der Waals surface area (Å²) in [6.45, 7) is 1.80. The SMILES string of the molecule is Cc1cc(Cl)c(C(=O)Nc2ccc(Cl)nc2)cn1. The van der Waals surface area contributed by atoms with Crippen LogP contribution < -0.4 is 5.32 Å². The molecular formula is C12H9Cl2N3O. The zero-order chi connectivity index (χ0) is 13.1. The summed E-state index contributed by atoms with van der Waals surface area (Å²) in [6.07, 6.45) is 2.91. The van der Waals surface area contributed by atoms with E-state index in [0.717, 1.165) is 5.69 Å². The average molecular weight is 282 g/mol. The number of halogens is 2. The summed E-state index contributed by atoms with van der Waals surface area (Å²) in [6, 6.07) is 4.88. The molecule has 2 aromatic rings. The van der Waals surface area contributed by atoms with Crippen LogP contribution in [0.4, 0.5) is 5.69 Å². The minimum Gasteiger partial charge on any atom is -0.320 e. The van der Waals surface area contributed by atoms with Gasteiger partial charge in [0.1, 0.15) is 5.15 Å². The summed E-state index contributed by atoms with van der Waals surface area (Å²) in [7, 11) is 0. The first-order valence-corrected chi connectivity index (χ1v) is 5.87. The van der Waals surface area contributed by atoms with E-state index in [0.29, 0.717) is 21.4 Å². The molecule has 0 aromatic carbocycles. The number of aromatic nitrogens is 2. The van der Waals surface area contributed by atoms with Crippen molar-refractivity contribution in [3.8, 4) is 0 Å². The van der Waals surface area contributed by atoms with E-state index in [1.165, 1.54) is 12.4 Å². The number of aryl methyl sites for hydroxylation is 1. The molecule has 2 heterocycles. The van der Waals surface area contributed by atoms with Gasteiger partial charge in [-0.3, -0.25) is 9.78 Å². The highest BCUT2D eigenvalue weighted by molar-refractivity contribution is 6.34. The standard InChI is InChI=1S/C12H9Cl2N3O/c1-7-4-10(13)9(6-15-7)12(18)17-8-2-3-11(14)16-5-8/h2-6H,1H3,(H,17,18). The largest absolute Gasteiger partial charge is 0.320 e. The van der Waals surface area contributed by atoms with Gasteiger partial charge < -0.3 is 5.32 Å². The van der Waals surface area contributed by atoms with Gasteiger partial charge in [-0.1, -0.05) is 23.2 Å². The topological polar surface area (TPSA) is 54.9 Å². The molecule has 4 nitrogen and oxygen atoms in total. The van der Waals surface area contributed by atoms with Crippen LogP contribution in [0.1, 0.15) is 16.1 Å². The van der Waals surface area contributed by atoms with Crippen molar-refractivity contribution in [3.63, 3.8) is 0 Å². The number of nitrogens with zero attached hydrogens (tertiary/aromatic N) is 2. The summed E-state index contributed by atoms with van der Waals surface area (Å²) in [5.74, 6) is -0.336. The van der Waals surface area contributed by atoms with Gasteiger partial charge in [-0.25, -0.2) is 4.98 Å². The smallest absolute Gasteiger partial charge is 0.258 e. The van der Waals surface area contributed by atoms with E-state index in [-0.39, 0.29) is 5.91 Å². The molecule has 0 saturated carbocycles. The van der Waals surface area contributed by atoms with Gasteiger partial charge in [0.2, 0.25) is 0 Å². The van der Waals surface area contributed by atoms with Crippen LogP contribution in [0.3, 0.4) is 0 Å². The minimum absolute atomic E-state index is 0.317. The van der Waals surface area contributed by atoms with Crippen LogP contribution in [0.2, 0.25) is 10.2 Å². The number of hydrogen-bond acceptors (Lipinski definition) is 3. The second-order valence-electron chi connectivity index (χ2n) is 3.63. The molecule has 0 fully saturated rings. The van der Waals surface area contributed by atoms with E-state index in [4.69, 9.17) is 23.2 Å². The lowest BCUT2D eigenvalue weighted by atomic mass is 10.2. The molecule has 0 spiro atoms. The third-order valence-corrected chi connectivity index (χ3v) is 2.76. The van der Waals surface area contributed by atoms with Crippen molar-refractivity contribution in [1.29, 1.82) is 0 Å². The number of amides is 1. The number of anilines is 1. The maximum atomic E-state index is 11.9. The van der Waals surface area contributed by atoms with E-state index in [1.54, 1.807) is 25.1 Å². The highest BCUT2D eigenvalue weighted by Gasteiger charge is 2.11. The predicted molar refractivity (Wildman–Crippen MR) is 71.2 cm³/mol. The Kier molecular flexibility index (Phi) is 3.79. The number of carbonyl (C=O) groups is 1. The molecule has 2 aromatic heterocycles. The summed E-state index contributed by atoms with van der Waals surface area (Å²) in [4.78, 5) is 19.8. The number of hydrogen-bond donors (Lipinski definition) is 1. The average Bonchev–Trinajstić information content (AvgIpc) is 2.32. The van der Waals surface area contributed by atoms with E-state index in [9.17, 15) is 4.79 Å². The second kappa shape index (κ2) is 5.33. The lowest BCUT2D eigenvalue weighted by Gasteiger charge is -2.06. The van der Waals surface area contributed by atoms with Gasteiger partial charge in [-0.05, 0) is 25.1 Å². The van der Waals surface area contributed by atoms with Crippen molar-refractivity contribution in [1.82, 2.24) is 9.97 Å². The molecule has 18 heavy (non-hydrogen) atoms. The second-order valence-corrected chi connectivity index (χ2v) is 4.42. The van der Waals surface area contributed by atoms with Crippen LogP contribution in [0.5, 0.6) is 0 Å². The predicted octanol–water partition coefficient (Wildman–Crippen LogP) is 3.34. The molecule has 0 radical (unpaired) electrons. The maximum absolute atomic E-state index is 11.9. The highest BCUT2D eigenvalue weighted by Crippen LogP contribution is 2.18. The highest BCUT2D eigenvalue weighted by atomic mass is 35.5. The van der Waals surface area contributed by atoms with E-state index >= 15 is 0 Å². The molecule has 1 amide bonds. The van der Waals surface area contributed by atoms with E-state index in [2.05, 4.69) is 15.3 Å². The molecule has 0 aliphatic heterocycles. The lowest BCUT2D eigenvalue weighted by molar-refractivity contribution is 0.102. The third-order valence-electron chi connectivity index (χ3n) is 2.22. The molecule has 92 valence electrons. The molecule has 0 bridgehead atoms. The van der Waals surface area contributed by atoms with Crippen LogP contribution in [-0.2, 0) is 0 Å². The van der Waals surface area contributed by atoms with Crippen LogP contribution in [-0.4, -0.2) is 15.9 Å². The molecule has 2 rings (SSSR count). The Morgan fingerprint density at radius 3 is 2.61 bits per heavy atom. The van der Waals surface area contributed by atoms with Crippen molar-refractivity contribution >= 4 is 34.8 Å². The van der Waals surface area contributed by atoms with Crippen LogP contribution >= 0.6 is 23.2 Å². The van der Waals surface area contributed by atoms with Crippen molar-refractivity contribution in [2.75, 3.05) is 5.32 Å². The van der Waals surface area contributed by atoms with Gasteiger partial charge in [0.05, 0.1) is 22.5 Å². The number of rotatable bonds is 2. The first-order chi connectivity index (χ1) is 8.56. The fourth-order valence-electron chi connectivity index (χ4n) is 1.34. The Hall–Kier alpha value is -1.65. The molecule has 0 aliphatic carbocycles. The van der Waals surface area contributed by atoms with Gasteiger partial charge in [-0.2, -0.15) is 0 Å². The van der Waals surface area contributed by atoms with Crippen molar-refractivity contribution in [2.24, 2.45) is 0 Å². The van der Waals surface area contributed by atoms with Gasteiger partial charge in [0.15, 0.2) is 0 Å². The Balaban J connectivity index is 2.19. The molecule has 0 unspecified atom stereocenters. The third kappa shape index (κ3) is 2.97. The zero-order valence-corrected chi connectivity index (χ0v) is 11.0. The van der Waals surface area contributed by atoms with Gasteiger partial charge in [-0.15, -0.1) is 0 Å². The minimum atomic E-state index is -0.336. The first-order valence-electron chi connectivity index (χ1n) is 5.11. The summed E-state index contributed by atoms with van der Waals surface area (Å²) in [5, 5.41) is 3.39.